The molecule has 0 spiro atoms. The summed E-state index contributed by atoms with van der Waals surface area (Å²) in [5.41, 5.74) is -1.08. The first-order valence-corrected chi connectivity index (χ1v) is 6.61. The van der Waals surface area contributed by atoms with Crippen LogP contribution in [0.5, 0.6) is 0 Å². The predicted molar refractivity (Wildman–Crippen MR) is 68.1 cm³/mol. The number of carbonyl (C=O) groups is 2. The lowest BCUT2D eigenvalue weighted by Crippen LogP contribution is -2.48. The first-order chi connectivity index (χ1) is 8.75. The van der Waals surface area contributed by atoms with Crippen molar-refractivity contribution in [3.8, 4) is 0 Å². The molecular weight excluding hydrogens is 244 g/mol. The first kappa shape index (κ1) is 12.6. The monoisotopic (exact) mass is 262 g/mol. The van der Waals surface area contributed by atoms with Crippen LogP contribution in [0, 0.1) is 17.3 Å². The lowest BCUT2D eigenvalue weighted by molar-refractivity contribution is -0.154. The van der Waals surface area contributed by atoms with Crippen molar-refractivity contribution in [2.45, 2.75) is 38.4 Å². The fourth-order valence-corrected chi connectivity index (χ4v) is 3.79. The molecule has 2 aliphatic carbocycles. The predicted octanol–water partition coefficient (Wildman–Crippen LogP) is 1.39. The molecule has 4 heteroatoms. The highest BCUT2D eigenvalue weighted by Gasteiger charge is 2.60. The van der Waals surface area contributed by atoms with Crippen molar-refractivity contribution in [2.75, 3.05) is 0 Å². The Hall–Kier alpha value is -1.42. The summed E-state index contributed by atoms with van der Waals surface area (Å²) >= 11 is 0. The molecule has 0 aromatic heterocycles. The summed E-state index contributed by atoms with van der Waals surface area (Å²) in [6, 6.07) is 0. The summed E-state index contributed by atoms with van der Waals surface area (Å²) in [7, 11) is 0. The zero-order chi connectivity index (χ0) is 14.0. The molecule has 0 aromatic carbocycles. The number of hydrogen-bond donors (Lipinski definition) is 1. The Morgan fingerprint density at radius 1 is 1.42 bits per heavy atom. The van der Waals surface area contributed by atoms with Gasteiger partial charge < -0.3 is 9.84 Å². The number of hydrogen-bond acceptors (Lipinski definition) is 4. The van der Waals surface area contributed by atoms with E-state index in [9.17, 15) is 14.7 Å². The smallest absolute Gasteiger partial charge is 0.338 e. The highest BCUT2D eigenvalue weighted by Crippen LogP contribution is 2.54. The molecule has 0 bridgehead atoms. The Bertz CT molecular complexity index is 516. The fourth-order valence-electron chi connectivity index (χ4n) is 3.79. The quantitative estimate of drug-likeness (QED) is 0.529. The summed E-state index contributed by atoms with van der Waals surface area (Å²) in [6.07, 6.45) is 4.40. The lowest BCUT2D eigenvalue weighted by Gasteiger charge is -2.47. The molecule has 102 valence electrons. The van der Waals surface area contributed by atoms with E-state index in [1.54, 1.807) is 6.08 Å². The van der Waals surface area contributed by atoms with Crippen LogP contribution in [0.1, 0.15) is 26.7 Å². The Labute approximate surface area is 112 Å². The lowest BCUT2D eigenvalue weighted by atomic mass is 9.57. The molecule has 3 aliphatic rings. The molecule has 0 unspecified atom stereocenters. The first-order valence-electron chi connectivity index (χ1n) is 6.61. The van der Waals surface area contributed by atoms with E-state index in [1.165, 1.54) is 6.92 Å². The van der Waals surface area contributed by atoms with E-state index < -0.39 is 11.6 Å². The molecule has 0 aromatic rings. The van der Waals surface area contributed by atoms with Gasteiger partial charge in [0, 0.05) is 5.92 Å². The number of allylic oxidation sites excluding steroid dienone is 3. The third-order valence-corrected chi connectivity index (χ3v) is 5.12. The van der Waals surface area contributed by atoms with Crippen LogP contribution in [0.3, 0.4) is 0 Å². The molecular formula is C15H18O4. The van der Waals surface area contributed by atoms with E-state index in [1.807, 2.05) is 6.08 Å². The summed E-state index contributed by atoms with van der Waals surface area (Å²) in [4.78, 5) is 23.5. The van der Waals surface area contributed by atoms with Crippen molar-refractivity contribution in [1.29, 1.82) is 0 Å². The minimum Gasteiger partial charge on any atom is -0.460 e. The second-order valence-electron chi connectivity index (χ2n) is 6.42. The second kappa shape index (κ2) is 3.57. The number of aliphatic hydroxyl groups is 1. The standard InChI is InChI=1S/C15H18O4/c1-8-9-6-10-12(19-13(17)15(10,3)18)7-14(9,2)5-4-11(8)16/h4-5,9-10,12,18H,1,6-7H2,2-3H3/t9-,10-,12+,14+,15-/m1/s1. The van der Waals surface area contributed by atoms with Gasteiger partial charge in [-0.2, -0.15) is 0 Å². The molecule has 1 aliphatic heterocycles. The molecule has 1 heterocycles. The summed E-state index contributed by atoms with van der Waals surface area (Å²) < 4.78 is 5.32. The van der Waals surface area contributed by atoms with Gasteiger partial charge in [-0.1, -0.05) is 19.6 Å². The number of carbonyl (C=O) groups excluding carboxylic acids is 2. The van der Waals surface area contributed by atoms with Crippen LogP contribution in [0.2, 0.25) is 0 Å². The van der Waals surface area contributed by atoms with Crippen molar-refractivity contribution < 1.29 is 19.4 Å². The fraction of sp³-hybridized carbons (Fsp3) is 0.600. The van der Waals surface area contributed by atoms with Gasteiger partial charge in [0.1, 0.15) is 6.10 Å². The molecule has 3 rings (SSSR count). The number of fused-ring (bicyclic) bond motifs is 2. The minimum absolute atomic E-state index is 0.0211. The molecule has 19 heavy (non-hydrogen) atoms. The number of ether oxygens (including phenoxy) is 1. The van der Waals surface area contributed by atoms with E-state index in [2.05, 4.69) is 13.5 Å². The van der Waals surface area contributed by atoms with Crippen LogP contribution in [0.25, 0.3) is 0 Å². The molecule has 0 radical (unpaired) electrons. The normalized spacial score (nSPS) is 48.8. The van der Waals surface area contributed by atoms with Crippen LogP contribution < -0.4 is 0 Å². The van der Waals surface area contributed by atoms with Crippen molar-refractivity contribution in [3.63, 3.8) is 0 Å². The maximum Gasteiger partial charge on any atom is 0.338 e. The van der Waals surface area contributed by atoms with Crippen molar-refractivity contribution in [2.24, 2.45) is 17.3 Å². The van der Waals surface area contributed by atoms with Crippen molar-refractivity contribution >= 4 is 11.8 Å². The summed E-state index contributed by atoms with van der Waals surface area (Å²) in [6.45, 7) is 7.46. The maximum absolute atomic E-state index is 11.8. The Morgan fingerprint density at radius 2 is 2.11 bits per heavy atom. The SMILES string of the molecule is C=C1C(=O)C=C[C@@]2(C)C[C@@H]3OC(=O)[C@](C)(O)[C@@H]3C[C@H]12. The van der Waals surface area contributed by atoms with E-state index in [0.29, 0.717) is 18.4 Å². The van der Waals surface area contributed by atoms with Crippen LogP contribution in [0.4, 0.5) is 0 Å². The Balaban J connectivity index is 1.99. The van der Waals surface area contributed by atoms with Gasteiger partial charge in [-0.3, -0.25) is 4.79 Å². The second-order valence-corrected chi connectivity index (χ2v) is 6.42. The summed E-state index contributed by atoms with van der Waals surface area (Å²) in [5.74, 6) is -0.877. The van der Waals surface area contributed by atoms with E-state index >= 15 is 0 Å². The van der Waals surface area contributed by atoms with E-state index in [4.69, 9.17) is 4.74 Å². The molecule has 1 saturated heterocycles. The third-order valence-electron chi connectivity index (χ3n) is 5.12. The number of esters is 1. The largest absolute Gasteiger partial charge is 0.460 e. The van der Waals surface area contributed by atoms with Crippen molar-refractivity contribution in [1.82, 2.24) is 0 Å². The minimum atomic E-state index is -1.45. The van der Waals surface area contributed by atoms with Gasteiger partial charge in [0.25, 0.3) is 0 Å². The van der Waals surface area contributed by atoms with Gasteiger partial charge in [0.2, 0.25) is 0 Å². The van der Waals surface area contributed by atoms with E-state index in [-0.39, 0.29) is 29.1 Å². The molecule has 1 saturated carbocycles. The van der Waals surface area contributed by atoms with Gasteiger partial charge in [0.15, 0.2) is 11.4 Å². The summed E-state index contributed by atoms with van der Waals surface area (Å²) in [5, 5.41) is 10.3. The van der Waals surface area contributed by atoms with Gasteiger partial charge in [0.05, 0.1) is 0 Å². The zero-order valence-corrected chi connectivity index (χ0v) is 11.2. The van der Waals surface area contributed by atoms with Crippen LogP contribution >= 0.6 is 0 Å². The Morgan fingerprint density at radius 3 is 2.79 bits per heavy atom. The van der Waals surface area contributed by atoms with Gasteiger partial charge in [-0.15, -0.1) is 0 Å². The molecule has 0 amide bonds. The Kier molecular flexibility index (Phi) is 2.37. The highest BCUT2D eigenvalue weighted by molar-refractivity contribution is 6.05. The number of rotatable bonds is 0. The zero-order valence-electron chi connectivity index (χ0n) is 11.2. The van der Waals surface area contributed by atoms with Gasteiger partial charge >= 0.3 is 5.97 Å². The van der Waals surface area contributed by atoms with Crippen LogP contribution in [-0.4, -0.2) is 28.6 Å². The van der Waals surface area contributed by atoms with Gasteiger partial charge in [-0.05, 0) is 42.7 Å². The molecule has 5 atom stereocenters. The van der Waals surface area contributed by atoms with Crippen LogP contribution in [-0.2, 0) is 14.3 Å². The highest BCUT2D eigenvalue weighted by atomic mass is 16.6. The molecule has 2 fully saturated rings. The van der Waals surface area contributed by atoms with Crippen LogP contribution in [0.15, 0.2) is 24.3 Å². The van der Waals surface area contributed by atoms with E-state index in [0.717, 1.165) is 0 Å². The average Bonchev–Trinajstić information content (AvgIpc) is 2.53. The maximum atomic E-state index is 11.8. The molecule has 4 nitrogen and oxygen atoms in total. The topological polar surface area (TPSA) is 63.6 Å². The number of ketones is 1. The van der Waals surface area contributed by atoms with Crippen molar-refractivity contribution in [3.05, 3.63) is 24.3 Å². The van der Waals surface area contributed by atoms with Gasteiger partial charge in [-0.25, -0.2) is 4.79 Å². The third kappa shape index (κ3) is 1.56. The molecule has 1 N–H and O–H groups in total. The average molecular weight is 262 g/mol.